The number of nitrogens with one attached hydrogen (secondary N) is 2. The molecule has 0 unspecified atom stereocenters. The van der Waals surface area contributed by atoms with E-state index in [0.29, 0.717) is 18.7 Å². The highest BCUT2D eigenvalue weighted by molar-refractivity contribution is 5.95. The normalized spacial score (nSPS) is 10.6. The van der Waals surface area contributed by atoms with Crippen molar-refractivity contribution >= 4 is 22.9 Å². The Labute approximate surface area is 142 Å². The van der Waals surface area contributed by atoms with E-state index < -0.39 is 4.92 Å². The van der Waals surface area contributed by atoms with Gasteiger partial charge in [-0.25, -0.2) is 0 Å². The minimum Gasteiger partial charge on any atom is -0.383 e. The van der Waals surface area contributed by atoms with Crippen LogP contribution < -0.4 is 10.6 Å². The number of nitrogens with zero attached hydrogens (tertiary/aromatic N) is 4. The maximum Gasteiger partial charge on any atom is 0.293 e. The molecule has 0 bridgehead atoms. The van der Waals surface area contributed by atoms with Crippen LogP contribution in [-0.2, 0) is 6.42 Å². The lowest BCUT2D eigenvalue weighted by Crippen LogP contribution is -2.26. The fourth-order valence-corrected chi connectivity index (χ4v) is 2.49. The van der Waals surface area contributed by atoms with Crippen LogP contribution in [-0.4, -0.2) is 39.0 Å². The van der Waals surface area contributed by atoms with E-state index in [2.05, 4.69) is 20.8 Å². The number of aromatic nitrogens is 3. The summed E-state index contributed by atoms with van der Waals surface area (Å²) in [5.41, 5.74) is 1.19. The maximum atomic E-state index is 12.2. The molecule has 0 spiro atoms. The molecule has 0 saturated carbocycles. The highest BCUT2D eigenvalue weighted by Gasteiger charge is 2.16. The van der Waals surface area contributed by atoms with E-state index in [9.17, 15) is 14.9 Å². The molecule has 128 valence electrons. The van der Waals surface area contributed by atoms with Crippen LogP contribution in [0.3, 0.4) is 0 Å². The molecule has 0 radical (unpaired) electrons. The largest absolute Gasteiger partial charge is 0.383 e. The first-order valence-corrected chi connectivity index (χ1v) is 7.63. The molecule has 0 atom stereocenters. The Balaban J connectivity index is 1.66. The zero-order chi connectivity index (χ0) is 17.8. The average Bonchev–Trinajstić information content (AvgIpc) is 3.04. The van der Waals surface area contributed by atoms with Crippen LogP contribution in [0.25, 0.3) is 5.65 Å². The Hall–Kier alpha value is -3.49. The number of nitro groups is 1. The number of hydrogen-bond donors (Lipinski definition) is 2. The standard InChI is InChI=1S/C16H16N6O3/c1-17-12-6-5-11(10-13(12)22(24)25)16(23)18-8-7-15-20-19-14-4-2-3-9-21(14)15/h2-6,9-10,17H,7-8H2,1H3,(H,18,23). The molecular formula is C16H16N6O3. The molecule has 3 aromatic rings. The molecular weight excluding hydrogens is 324 g/mol. The van der Waals surface area contributed by atoms with Crippen LogP contribution in [0.2, 0.25) is 0 Å². The molecule has 2 heterocycles. The zero-order valence-electron chi connectivity index (χ0n) is 13.5. The number of fused-ring (bicyclic) bond motifs is 1. The minimum atomic E-state index is -0.523. The number of anilines is 1. The van der Waals surface area contributed by atoms with Crippen LogP contribution in [0.1, 0.15) is 16.2 Å². The first-order valence-electron chi connectivity index (χ1n) is 7.63. The van der Waals surface area contributed by atoms with Gasteiger partial charge in [0, 0.05) is 37.8 Å². The maximum absolute atomic E-state index is 12.2. The van der Waals surface area contributed by atoms with Crippen LogP contribution in [0.5, 0.6) is 0 Å². The van der Waals surface area contributed by atoms with Gasteiger partial charge in [-0.3, -0.25) is 19.3 Å². The molecule has 25 heavy (non-hydrogen) atoms. The summed E-state index contributed by atoms with van der Waals surface area (Å²) in [4.78, 5) is 22.8. The Kier molecular flexibility index (Phi) is 4.55. The third-order valence-electron chi connectivity index (χ3n) is 3.74. The summed E-state index contributed by atoms with van der Waals surface area (Å²) >= 11 is 0. The number of nitro benzene ring substituents is 1. The van der Waals surface area contributed by atoms with Gasteiger partial charge in [-0.2, -0.15) is 0 Å². The average molecular weight is 340 g/mol. The molecule has 9 nitrogen and oxygen atoms in total. The molecule has 3 rings (SSSR count). The second-order valence-corrected chi connectivity index (χ2v) is 5.29. The first kappa shape index (κ1) is 16.4. The number of carbonyl (C=O) groups is 1. The summed E-state index contributed by atoms with van der Waals surface area (Å²) in [6.45, 7) is 0.343. The Bertz CT molecular complexity index is 937. The highest BCUT2D eigenvalue weighted by Crippen LogP contribution is 2.24. The molecule has 9 heteroatoms. The number of rotatable bonds is 6. The SMILES string of the molecule is CNc1ccc(C(=O)NCCc2nnc3ccccn23)cc1[N+](=O)[O-]. The van der Waals surface area contributed by atoms with Gasteiger partial charge in [0.15, 0.2) is 5.65 Å². The van der Waals surface area contributed by atoms with Crippen molar-refractivity contribution in [3.8, 4) is 0 Å². The number of benzene rings is 1. The number of hydrogen-bond acceptors (Lipinski definition) is 6. The monoisotopic (exact) mass is 340 g/mol. The smallest absolute Gasteiger partial charge is 0.293 e. The second-order valence-electron chi connectivity index (χ2n) is 5.29. The summed E-state index contributed by atoms with van der Waals surface area (Å²) in [7, 11) is 1.59. The van der Waals surface area contributed by atoms with E-state index in [1.165, 1.54) is 12.1 Å². The molecule has 1 amide bonds. The van der Waals surface area contributed by atoms with Crippen molar-refractivity contribution in [3.63, 3.8) is 0 Å². The van der Waals surface area contributed by atoms with Gasteiger partial charge in [0.1, 0.15) is 11.5 Å². The lowest BCUT2D eigenvalue weighted by atomic mass is 10.1. The van der Waals surface area contributed by atoms with E-state index in [1.807, 2.05) is 28.8 Å². The third kappa shape index (κ3) is 3.39. The van der Waals surface area contributed by atoms with Gasteiger partial charge in [-0.1, -0.05) is 6.07 Å². The van der Waals surface area contributed by atoms with Crippen molar-refractivity contribution in [2.75, 3.05) is 18.9 Å². The molecule has 1 aromatic carbocycles. The van der Waals surface area contributed by atoms with Gasteiger partial charge < -0.3 is 10.6 Å². The van der Waals surface area contributed by atoms with Crippen molar-refractivity contribution in [2.45, 2.75) is 6.42 Å². The Morgan fingerprint density at radius 3 is 2.88 bits per heavy atom. The fraction of sp³-hybridized carbons (Fsp3) is 0.188. The van der Waals surface area contributed by atoms with Gasteiger partial charge in [-0.05, 0) is 24.3 Å². The summed E-state index contributed by atoms with van der Waals surface area (Å²) in [5.74, 6) is 0.354. The summed E-state index contributed by atoms with van der Waals surface area (Å²) < 4.78 is 1.85. The molecule has 0 aliphatic heterocycles. The van der Waals surface area contributed by atoms with E-state index in [0.717, 1.165) is 11.5 Å². The Morgan fingerprint density at radius 1 is 1.28 bits per heavy atom. The molecule has 2 aromatic heterocycles. The van der Waals surface area contributed by atoms with Gasteiger partial charge in [0.25, 0.3) is 11.6 Å². The van der Waals surface area contributed by atoms with Gasteiger partial charge in [-0.15, -0.1) is 10.2 Å². The lowest BCUT2D eigenvalue weighted by molar-refractivity contribution is -0.384. The van der Waals surface area contributed by atoms with Crippen LogP contribution in [0.15, 0.2) is 42.6 Å². The summed E-state index contributed by atoms with van der Waals surface area (Å²) in [5, 5.41) is 24.7. The molecule has 0 saturated heterocycles. The molecule has 0 aliphatic carbocycles. The molecule has 0 aliphatic rings. The van der Waals surface area contributed by atoms with E-state index in [4.69, 9.17) is 0 Å². The van der Waals surface area contributed by atoms with Crippen molar-refractivity contribution in [1.29, 1.82) is 0 Å². The second kappa shape index (κ2) is 6.95. The van der Waals surface area contributed by atoms with E-state index in [-0.39, 0.29) is 17.2 Å². The highest BCUT2D eigenvalue weighted by atomic mass is 16.6. The molecule has 0 fully saturated rings. The van der Waals surface area contributed by atoms with Crippen LogP contribution >= 0.6 is 0 Å². The zero-order valence-corrected chi connectivity index (χ0v) is 13.5. The van der Waals surface area contributed by atoms with Crippen LogP contribution in [0.4, 0.5) is 11.4 Å². The Morgan fingerprint density at radius 2 is 2.12 bits per heavy atom. The lowest BCUT2D eigenvalue weighted by Gasteiger charge is -2.07. The van der Waals surface area contributed by atoms with Gasteiger partial charge >= 0.3 is 0 Å². The van der Waals surface area contributed by atoms with Crippen molar-refractivity contribution in [2.24, 2.45) is 0 Å². The predicted octanol–water partition coefficient (Wildman–Crippen LogP) is 1.65. The number of amides is 1. The number of pyridine rings is 1. The first-order chi connectivity index (χ1) is 12.1. The van der Waals surface area contributed by atoms with Crippen molar-refractivity contribution < 1.29 is 9.72 Å². The third-order valence-corrected chi connectivity index (χ3v) is 3.74. The van der Waals surface area contributed by atoms with Gasteiger partial charge in [0.05, 0.1) is 4.92 Å². The van der Waals surface area contributed by atoms with E-state index >= 15 is 0 Å². The van der Waals surface area contributed by atoms with E-state index in [1.54, 1.807) is 13.1 Å². The quantitative estimate of drug-likeness (QED) is 0.521. The molecule has 2 N–H and O–H groups in total. The van der Waals surface area contributed by atoms with Gasteiger partial charge in [0.2, 0.25) is 0 Å². The summed E-state index contributed by atoms with van der Waals surface area (Å²) in [6.07, 6.45) is 2.35. The minimum absolute atomic E-state index is 0.140. The van der Waals surface area contributed by atoms with Crippen molar-refractivity contribution in [3.05, 3.63) is 64.1 Å². The number of carbonyl (C=O) groups excluding carboxylic acids is 1. The fourth-order valence-electron chi connectivity index (χ4n) is 2.49. The predicted molar refractivity (Wildman–Crippen MR) is 91.7 cm³/mol. The topological polar surface area (TPSA) is 114 Å². The summed E-state index contributed by atoms with van der Waals surface area (Å²) in [6, 6.07) is 9.91. The van der Waals surface area contributed by atoms with Crippen LogP contribution in [0, 0.1) is 10.1 Å². The van der Waals surface area contributed by atoms with Crippen molar-refractivity contribution in [1.82, 2.24) is 19.9 Å².